The van der Waals surface area contributed by atoms with E-state index in [-0.39, 0.29) is 12.1 Å². The second-order valence-corrected chi connectivity index (χ2v) is 6.19. The lowest BCUT2D eigenvalue weighted by atomic mass is 9.84. The molecule has 0 unspecified atom stereocenters. The van der Waals surface area contributed by atoms with Gasteiger partial charge in [-0.3, -0.25) is 0 Å². The fourth-order valence-corrected chi connectivity index (χ4v) is 3.14. The van der Waals surface area contributed by atoms with Gasteiger partial charge in [-0.25, -0.2) is 4.79 Å². The van der Waals surface area contributed by atoms with Crippen molar-refractivity contribution in [1.29, 1.82) is 0 Å². The Labute approximate surface area is 142 Å². The highest BCUT2D eigenvalue weighted by Gasteiger charge is 2.23. The standard InChI is InChI=1S/C20H22O4/c1-12(2)24-19-10-14-6-5-13-9-15(22-3)7-8-16(13)17(14)11-18(19)20(21)23-4/h7-12H,5-6H2,1-4H3. The van der Waals surface area contributed by atoms with E-state index in [1.807, 2.05) is 32.0 Å². The van der Waals surface area contributed by atoms with Gasteiger partial charge >= 0.3 is 5.97 Å². The monoisotopic (exact) mass is 326 g/mol. The van der Waals surface area contributed by atoms with Crippen molar-refractivity contribution in [3.63, 3.8) is 0 Å². The van der Waals surface area contributed by atoms with Crippen molar-refractivity contribution in [2.75, 3.05) is 14.2 Å². The topological polar surface area (TPSA) is 44.8 Å². The Kier molecular flexibility index (Phi) is 4.47. The molecule has 0 radical (unpaired) electrons. The van der Waals surface area contributed by atoms with Crippen LogP contribution in [0.4, 0.5) is 0 Å². The van der Waals surface area contributed by atoms with Gasteiger partial charge < -0.3 is 14.2 Å². The quantitative estimate of drug-likeness (QED) is 0.796. The molecule has 0 N–H and O–H groups in total. The van der Waals surface area contributed by atoms with Gasteiger partial charge in [0.1, 0.15) is 17.1 Å². The maximum atomic E-state index is 12.2. The van der Waals surface area contributed by atoms with Gasteiger partial charge in [0.25, 0.3) is 0 Å². The third-order valence-electron chi connectivity index (χ3n) is 4.24. The zero-order valence-electron chi connectivity index (χ0n) is 14.5. The van der Waals surface area contributed by atoms with E-state index in [2.05, 4.69) is 12.1 Å². The number of benzene rings is 2. The van der Waals surface area contributed by atoms with Crippen LogP contribution in [0.15, 0.2) is 30.3 Å². The van der Waals surface area contributed by atoms with Crippen molar-refractivity contribution in [2.45, 2.75) is 32.8 Å². The summed E-state index contributed by atoms with van der Waals surface area (Å²) in [4.78, 5) is 12.2. The molecule has 0 saturated carbocycles. The highest BCUT2D eigenvalue weighted by atomic mass is 16.5. The first-order chi connectivity index (χ1) is 11.5. The van der Waals surface area contributed by atoms with Crippen LogP contribution in [0.25, 0.3) is 11.1 Å². The van der Waals surface area contributed by atoms with Gasteiger partial charge in [-0.05, 0) is 73.2 Å². The molecule has 1 aliphatic rings. The summed E-state index contributed by atoms with van der Waals surface area (Å²) in [5.41, 5.74) is 5.09. The normalized spacial score (nSPS) is 12.4. The molecule has 126 valence electrons. The number of aryl methyl sites for hydroxylation is 2. The second-order valence-electron chi connectivity index (χ2n) is 6.19. The van der Waals surface area contributed by atoms with E-state index in [4.69, 9.17) is 14.2 Å². The third kappa shape index (κ3) is 2.96. The molecular formula is C20H22O4. The lowest BCUT2D eigenvalue weighted by molar-refractivity contribution is 0.0594. The molecule has 0 amide bonds. The number of ether oxygens (including phenoxy) is 3. The average molecular weight is 326 g/mol. The minimum Gasteiger partial charge on any atom is -0.497 e. The van der Waals surface area contributed by atoms with Crippen LogP contribution in [-0.2, 0) is 17.6 Å². The zero-order chi connectivity index (χ0) is 17.3. The molecular weight excluding hydrogens is 304 g/mol. The Morgan fingerprint density at radius 1 is 1.00 bits per heavy atom. The van der Waals surface area contributed by atoms with Crippen molar-refractivity contribution in [3.8, 4) is 22.6 Å². The number of esters is 1. The summed E-state index contributed by atoms with van der Waals surface area (Å²) >= 11 is 0. The third-order valence-corrected chi connectivity index (χ3v) is 4.24. The minimum absolute atomic E-state index is 0.00778. The molecule has 3 rings (SSSR count). The van der Waals surface area contributed by atoms with E-state index in [0.717, 1.165) is 29.7 Å². The highest BCUT2D eigenvalue weighted by molar-refractivity contribution is 5.95. The van der Waals surface area contributed by atoms with E-state index < -0.39 is 0 Å². The van der Waals surface area contributed by atoms with E-state index >= 15 is 0 Å². The number of hydrogen-bond acceptors (Lipinski definition) is 4. The fourth-order valence-electron chi connectivity index (χ4n) is 3.14. The average Bonchev–Trinajstić information content (AvgIpc) is 2.59. The zero-order valence-corrected chi connectivity index (χ0v) is 14.5. The molecule has 0 atom stereocenters. The summed E-state index contributed by atoms with van der Waals surface area (Å²) < 4.78 is 16.1. The molecule has 4 nitrogen and oxygen atoms in total. The van der Waals surface area contributed by atoms with Crippen LogP contribution in [0.5, 0.6) is 11.5 Å². The summed E-state index contributed by atoms with van der Waals surface area (Å²) in [6, 6.07) is 9.94. The molecule has 0 bridgehead atoms. The number of fused-ring (bicyclic) bond motifs is 3. The number of carbonyl (C=O) groups is 1. The molecule has 0 heterocycles. The van der Waals surface area contributed by atoms with Crippen molar-refractivity contribution in [2.24, 2.45) is 0 Å². The summed E-state index contributed by atoms with van der Waals surface area (Å²) in [6.07, 6.45) is 1.84. The van der Waals surface area contributed by atoms with Crippen LogP contribution >= 0.6 is 0 Å². The lowest BCUT2D eigenvalue weighted by Gasteiger charge is -2.23. The van der Waals surface area contributed by atoms with Crippen molar-refractivity contribution in [3.05, 3.63) is 47.0 Å². The fraction of sp³-hybridized carbons (Fsp3) is 0.350. The molecule has 1 aliphatic carbocycles. The number of methoxy groups -OCH3 is 2. The lowest BCUT2D eigenvalue weighted by Crippen LogP contribution is -2.13. The first kappa shape index (κ1) is 16.4. The summed E-state index contributed by atoms with van der Waals surface area (Å²) in [5.74, 6) is 1.06. The molecule has 0 aromatic heterocycles. The Balaban J connectivity index is 2.14. The van der Waals surface area contributed by atoms with E-state index in [0.29, 0.717) is 11.3 Å². The van der Waals surface area contributed by atoms with Gasteiger partial charge in [0.05, 0.1) is 20.3 Å². The van der Waals surface area contributed by atoms with Crippen LogP contribution in [0, 0.1) is 0 Å². The maximum Gasteiger partial charge on any atom is 0.341 e. The van der Waals surface area contributed by atoms with Crippen LogP contribution in [-0.4, -0.2) is 26.3 Å². The first-order valence-corrected chi connectivity index (χ1v) is 8.12. The second kappa shape index (κ2) is 6.56. The van der Waals surface area contributed by atoms with Gasteiger partial charge in [0.2, 0.25) is 0 Å². The van der Waals surface area contributed by atoms with E-state index in [9.17, 15) is 4.79 Å². The van der Waals surface area contributed by atoms with Crippen molar-refractivity contribution < 1.29 is 19.0 Å². The van der Waals surface area contributed by atoms with Gasteiger partial charge in [-0.15, -0.1) is 0 Å². The van der Waals surface area contributed by atoms with Crippen LogP contribution < -0.4 is 9.47 Å². The maximum absolute atomic E-state index is 12.2. The molecule has 0 saturated heterocycles. The number of rotatable bonds is 4. The summed E-state index contributed by atoms with van der Waals surface area (Å²) in [6.45, 7) is 3.89. The SMILES string of the molecule is COC(=O)c1cc2c(cc1OC(C)C)CCc1cc(OC)ccc1-2. The Hall–Kier alpha value is -2.49. The summed E-state index contributed by atoms with van der Waals surface area (Å²) in [7, 11) is 3.06. The Bertz CT molecular complexity index is 777. The Morgan fingerprint density at radius 2 is 1.71 bits per heavy atom. The van der Waals surface area contributed by atoms with Crippen LogP contribution in [0.1, 0.15) is 35.3 Å². The predicted molar refractivity (Wildman–Crippen MR) is 92.9 cm³/mol. The van der Waals surface area contributed by atoms with Gasteiger partial charge in [-0.2, -0.15) is 0 Å². The molecule has 0 spiro atoms. The minimum atomic E-state index is -0.380. The largest absolute Gasteiger partial charge is 0.497 e. The smallest absolute Gasteiger partial charge is 0.341 e. The predicted octanol–water partition coefficient (Wildman–Crippen LogP) is 4.03. The molecule has 2 aromatic carbocycles. The molecule has 0 aliphatic heterocycles. The van der Waals surface area contributed by atoms with Crippen LogP contribution in [0.3, 0.4) is 0 Å². The molecule has 24 heavy (non-hydrogen) atoms. The van der Waals surface area contributed by atoms with E-state index in [1.165, 1.54) is 18.2 Å². The van der Waals surface area contributed by atoms with E-state index in [1.54, 1.807) is 7.11 Å². The van der Waals surface area contributed by atoms with Gasteiger partial charge in [0.15, 0.2) is 0 Å². The number of hydrogen-bond donors (Lipinski definition) is 0. The summed E-state index contributed by atoms with van der Waals surface area (Å²) in [5, 5.41) is 0. The van der Waals surface area contributed by atoms with Crippen molar-refractivity contribution >= 4 is 5.97 Å². The number of carbonyl (C=O) groups excluding carboxylic acids is 1. The van der Waals surface area contributed by atoms with Gasteiger partial charge in [0, 0.05) is 0 Å². The highest BCUT2D eigenvalue weighted by Crippen LogP contribution is 2.39. The Morgan fingerprint density at radius 3 is 2.33 bits per heavy atom. The first-order valence-electron chi connectivity index (χ1n) is 8.12. The molecule has 4 heteroatoms. The van der Waals surface area contributed by atoms with Crippen LogP contribution in [0.2, 0.25) is 0 Å². The van der Waals surface area contributed by atoms with Gasteiger partial charge in [-0.1, -0.05) is 6.07 Å². The molecule has 0 fully saturated rings. The molecule has 2 aromatic rings. The van der Waals surface area contributed by atoms with Crippen molar-refractivity contribution in [1.82, 2.24) is 0 Å².